The van der Waals surface area contributed by atoms with E-state index in [1.165, 1.54) is 0 Å². The molecule has 0 bridgehead atoms. The van der Waals surface area contributed by atoms with E-state index in [0.717, 1.165) is 11.8 Å². The second kappa shape index (κ2) is 3.43. The third-order valence-corrected chi connectivity index (χ3v) is 1.07. The molecule has 6 heavy (non-hydrogen) atoms. The lowest BCUT2D eigenvalue weighted by Crippen LogP contribution is -1.99. The average molecular weight is 110 g/mol. The van der Waals surface area contributed by atoms with Gasteiger partial charge in [-0.15, -0.1) is 11.8 Å². The molecule has 1 N–H and O–H groups in total. The summed E-state index contributed by atoms with van der Waals surface area (Å²) in [5.41, 5.74) is -0.815. The first kappa shape index (κ1) is 6.24. The second-order valence-electron chi connectivity index (χ2n) is 0.845. The molecule has 0 unspecified atom stereocenters. The number of rotatable bonds is 2. The number of aliphatic hydroxyl groups excluding tert-OH is 1. The highest BCUT2D eigenvalue weighted by atomic mass is 32.2. The summed E-state index contributed by atoms with van der Waals surface area (Å²) in [4.78, 5) is 0. The fraction of sp³-hybridized carbons (Fsp3) is 1.00. The summed E-state index contributed by atoms with van der Waals surface area (Å²) in [6, 6.07) is 0. The largest absolute Gasteiger partial charge is 0.380 e. The third kappa shape index (κ3) is 2.48. The standard InChI is InChI=1S/C3H7FOS/c1-6-3(5)2-4/h3,5H,2H2,1H3/t3-/m0/s1. The Morgan fingerprint density at radius 1 is 2.00 bits per heavy atom. The molecule has 0 rings (SSSR count). The van der Waals surface area contributed by atoms with Crippen molar-refractivity contribution in [3.63, 3.8) is 0 Å². The van der Waals surface area contributed by atoms with Gasteiger partial charge in [-0.2, -0.15) is 0 Å². The minimum absolute atomic E-state index is 0.652. The molecule has 0 fully saturated rings. The van der Waals surface area contributed by atoms with Gasteiger partial charge in [-0.1, -0.05) is 0 Å². The highest BCUT2D eigenvalue weighted by Crippen LogP contribution is 2.00. The maximum absolute atomic E-state index is 11.1. The number of aliphatic hydroxyl groups is 1. The van der Waals surface area contributed by atoms with Crippen molar-refractivity contribution in [2.24, 2.45) is 0 Å². The maximum Gasteiger partial charge on any atom is 0.127 e. The molecular weight excluding hydrogens is 103 g/mol. The molecule has 0 aliphatic rings. The molecule has 0 aliphatic carbocycles. The van der Waals surface area contributed by atoms with Crippen LogP contribution in [0.3, 0.4) is 0 Å². The van der Waals surface area contributed by atoms with Crippen LogP contribution in [0.4, 0.5) is 4.39 Å². The third-order valence-electron chi connectivity index (χ3n) is 0.404. The molecule has 0 saturated heterocycles. The highest BCUT2D eigenvalue weighted by molar-refractivity contribution is 7.99. The number of alkyl halides is 1. The summed E-state index contributed by atoms with van der Waals surface area (Å²) in [6.45, 7) is -0.652. The van der Waals surface area contributed by atoms with Crippen LogP contribution in [0.2, 0.25) is 0 Å². The quantitative estimate of drug-likeness (QED) is 0.526. The van der Waals surface area contributed by atoms with Gasteiger partial charge in [-0.05, 0) is 6.26 Å². The van der Waals surface area contributed by atoms with Crippen molar-refractivity contribution in [1.29, 1.82) is 0 Å². The maximum atomic E-state index is 11.1. The summed E-state index contributed by atoms with van der Waals surface area (Å²) >= 11 is 1.11. The molecule has 0 radical (unpaired) electrons. The SMILES string of the molecule is CS[C@H](O)CF. The summed E-state index contributed by atoms with van der Waals surface area (Å²) < 4.78 is 11.1. The Morgan fingerprint density at radius 3 is 2.50 bits per heavy atom. The van der Waals surface area contributed by atoms with Gasteiger partial charge < -0.3 is 5.11 Å². The number of halogens is 1. The molecule has 0 aromatic carbocycles. The molecule has 1 nitrogen and oxygen atoms in total. The zero-order valence-corrected chi connectivity index (χ0v) is 4.33. The molecule has 3 heteroatoms. The van der Waals surface area contributed by atoms with Gasteiger partial charge in [-0.3, -0.25) is 0 Å². The number of thioether (sulfide) groups is 1. The van der Waals surface area contributed by atoms with Gasteiger partial charge in [0.15, 0.2) is 0 Å². The van der Waals surface area contributed by atoms with Gasteiger partial charge in [0, 0.05) is 0 Å². The molecule has 0 amide bonds. The summed E-state index contributed by atoms with van der Waals surface area (Å²) in [5.74, 6) is 0. The Hall–Kier alpha value is 0.240. The van der Waals surface area contributed by atoms with E-state index in [4.69, 9.17) is 5.11 Å². The molecule has 1 atom stereocenters. The molecular formula is C3H7FOS. The van der Waals surface area contributed by atoms with Crippen molar-refractivity contribution in [3.05, 3.63) is 0 Å². The Balaban J connectivity index is 2.75. The second-order valence-corrected chi connectivity index (χ2v) is 1.86. The lowest BCUT2D eigenvalue weighted by Gasteiger charge is -1.95. The summed E-state index contributed by atoms with van der Waals surface area (Å²) in [5, 5.41) is 8.25. The van der Waals surface area contributed by atoms with Crippen LogP contribution in [-0.2, 0) is 0 Å². The molecule has 0 aliphatic heterocycles. The molecule has 38 valence electrons. The lowest BCUT2D eigenvalue weighted by atomic mass is 10.8. The minimum Gasteiger partial charge on any atom is -0.380 e. The van der Waals surface area contributed by atoms with Crippen LogP contribution in [0.5, 0.6) is 0 Å². The minimum atomic E-state index is -0.815. The van der Waals surface area contributed by atoms with Gasteiger partial charge >= 0.3 is 0 Å². The smallest absolute Gasteiger partial charge is 0.127 e. The van der Waals surface area contributed by atoms with E-state index in [9.17, 15) is 4.39 Å². The van der Waals surface area contributed by atoms with Crippen LogP contribution in [-0.4, -0.2) is 23.5 Å². The summed E-state index contributed by atoms with van der Waals surface area (Å²) in [6.07, 6.45) is 1.66. The predicted octanol–water partition coefficient (Wildman–Crippen LogP) is 0.637. The van der Waals surface area contributed by atoms with E-state index in [2.05, 4.69) is 0 Å². The van der Waals surface area contributed by atoms with Crippen molar-refractivity contribution < 1.29 is 9.50 Å². The zero-order valence-electron chi connectivity index (χ0n) is 3.52. The van der Waals surface area contributed by atoms with E-state index in [0.29, 0.717) is 0 Å². The fourth-order valence-corrected chi connectivity index (χ4v) is 0.189. The van der Waals surface area contributed by atoms with E-state index in [1.807, 2.05) is 0 Å². The van der Waals surface area contributed by atoms with Crippen LogP contribution < -0.4 is 0 Å². The van der Waals surface area contributed by atoms with E-state index >= 15 is 0 Å². The first-order valence-corrected chi connectivity index (χ1v) is 2.87. The van der Waals surface area contributed by atoms with E-state index < -0.39 is 12.1 Å². The molecule has 0 saturated carbocycles. The Labute approximate surface area is 40.6 Å². The van der Waals surface area contributed by atoms with E-state index in [1.54, 1.807) is 6.26 Å². The van der Waals surface area contributed by atoms with Crippen molar-refractivity contribution >= 4 is 11.8 Å². The van der Waals surface area contributed by atoms with Gasteiger partial charge in [0.05, 0.1) is 0 Å². The normalized spacial score (nSPS) is 14.5. The molecule has 0 aromatic rings. The van der Waals surface area contributed by atoms with Gasteiger partial charge in [0.25, 0.3) is 0 Å². The van der Waals surface area contributed by atoms with Crippen molar-refractivity contribution in [2.45, 2.75) is 5.44 Å². The van der Waals surface area contributed by atoms with Crippen LogP contribution in [0, 0.1) is 0 Å². The van der Waals surface area contributed by atoms with Crippen molar-refractivity contribution in [1.82, 2.24) is 0 Å². The predicted molar refractivity (Wildman–Crippen MR) is 25.5 cm³/mol. The van der Waals surface area contributed by atoms with Gasteiger partial charge in [0.1, 0.15) is 12.1 Å². The summed E-state index contributed by atoms with van der Waals surface area (Å²) in [7, 11) is 0. The Bertz CT molecular complexity index is 30.0. The van der Waals surface area contributed by atoms with E-state index in [-0.39, 0.29) is 0 Å². The van der Waals surface area contributed by atoms with Crippen molar-refractivity contribution in [2.75, 3.05) is 12.9 Å². The van der Waals surface area contributed by atoms with Crippen LogP contribution in [0.25, 0.3) is 0 Å². The first-order valence-electron chi connectivity index (χ1n) is 1.58. The van der Waals surface area contributed by atoms with Crippen LogP contribution in [0.1, 0.15) is 0 Å². The van der Waals surface area contributed by atoms with Crippen molar-refractivity contribution in [3.8, 4) is 0 Å². The average Bonchev–Trinajstić information content (AvgIpc) is 1.65. The number of hydrogen-bond donors (Lipinski definition) is 1. The van der Waals surface area contributed by atoms with Crippen LogP contribution in [0.15, 0.2) is 0 Å². The van der Waals surface area contributed by atoms with Crippen LogP contribution >= 0.6 is 11.8 Å². The molecule has 0 aromatic heterocycles. The fourth-order valence-electron chi connectivity index (χ4n) is 0.0630. The molecule has 0 spiro atoms. The Kier molecular flexibility index (Phi) is 3.57. The zero-order chi connectivity index (χ0) is 4.99. The lowest BCUT2D eigenvalue weighted by molar-refractivity contribution is 0.220. The van der Waals surface area contributed by atoms with Gasteiger partial charge in [-0.25, -0.2) is 4.39 Å². The molecule has 0 heterocycles. The highest BCUT2D eigenvalue weighted by Gasteiger charge is 1.94. The monoisotopic (exact) mass is 110 g/mol. The first-order chi connectivity index (χ1) is 2.81. The number of hydrogen-bond acceptors (Lipinski definition) is 2. The topological polar surface area (TPSA) is 20.2 Å². The van der Waals surface area contributed by atoms with Gasteiger partial charge in [0.2, 0.25) is 0 Å². The Morgan fingerprint density at radius 2 is 2.50 bits per heavy atom.